The molecule has 1 rings (SSSR count). The van der Waals surface area contributed by atoms with Gasteiger partial charge in [0.2, 0.25) is 12.2 Å². The van der Waals surface area contributed by atoms with E-state index < -0.39 is 11.4 Å². The average Bonchev–Trinajstić information content (AvgIpc) is 2.48. The number of carbonyl (C=O) groups is 1. The first-order chi connectivity index (χ1) is 11.6. The van der Waals surface area contributed by atoms with Gasteiger partial charge >= 0.3 is 5.97 Å². The third-order valence-corrected chi connectivity index (χ3v) is 4.68. The van der Waals surface area contributed by atoms with Gasteiger partial charge in [-0.15, -0.1) is 0 Å². The van der Waals surface area contributed by atoms with E-state index in [1.165, 1.54) is 0 Å². The zero-order valence-corrected chi connectivity index (χ0v) is 15.4. The molecule has 0 saturated heterocycles. The Labute approximate surface area is 148 Å². The highest BCUT2D eigenvalue weighted by atomic mass is 16.4. The van der Waals surface area contributed by atoms with Crippen LogP contribution in [-0.4, -0.2) is 41.5 Å². The Bertz CT molecular complexity index is 584. The van der Waals surface area contributed by atoms with Crippen molar-refractivity contribution in [3.8, 4) is 0 Å². The van der Waals surface area contributed by atoms with Gasteiger partial charge in [-0.3, -0.25) is 0 Å². The van der Waals surface area contributed by atoms with E-state index in [1.807, 2.05) is 0 Å². The fourth-order valence-electron chi connectivity index (χ4n) is 4.46. The Morgan fingerprint density at radius 3 is 2.28 bits per heavy atom. The molecule has 0 aromatic rings. The molecular formula is C18H28N2O5. The first-order valence-electron chi connectivity index (χ1n) is 8.21. The molecule has 140 valence electrons. The molecule has 1 aliphatic carbocycles. The van der Waals surface area contributed by atoms with Gasteiger partial charge in [-0.25, -0.2) is 24.8 Å². The Morgan fingerprint density at radius 1 is 1.32 bits per heavy atom. The van der Waals surface area contributed by atoms with E-state index in [9.17, 15) is 19.8 Å². The number of hydrogen-bond acceptors (Lipinski definition) is 6. The van der Waals surface area contributed by atoms with Gasteiger partial charge in [0, 0.05) is 17.6 Å². The molecule has 0 heterocycles. The van der Waals surface area contributed by atoms with E-state index in [2.05, 4.69) is 25.8 Å². The summed E-state index contributed by atoms with van der Waals surface area (Å²) in [5.41, 5.74) is 0.542. The van der Waals surface area contributed by atoms with Crippen molar-refractivity contribution in [2.75, 3.05) is 13.2 Å². The highest BCUT2D eigenvalue weighted by Gasteiger charge is 2.45. The molecule has 1 fully saturated rings. The average molecular weight is 352 g/mol. The molecule has 3 N–H and O–H groups in total. The number of nitrogens with one attached hydrogen (secondary N) is 1. The number of nitrogens with zero attached hydrogens (tertiary/aromatic N) is 1. The molecule has 2 atom stereocenters. The first kappa shape index (κ1) is 22.9. The SMILES string of the molecule is CC(C(=O)O)=C(CCO)C1(CN=C=O)CC(C)CC(C)(C)C1.N=C=O. The molecule has 0 aliphatic heterocycles. The lowest BCUT2D eigenvalue weighted by molar-refractivity contribution is -0.132. The largest absolute Gasteiger partial charge is 0.478 e. The quantitative estimate of drug-likeness (QED) is 0.385. The van der Waals surface area contributed by atoms with Gasteiger partial charge in [-0.2, -0.15) is 0 Å². The zero-order valence-electron chi connectivity index (χ0n) is 15.4. The molecule has 1 saturated carbocycles. The number of carbonyl (C=O) groups excluding carboxylic acids is 2. The van der Waals surface area contributed by atoms with Crippen molar-refractivity contribution in [3.05, 3.63) is 11.1 Å². The Balaban J connectivity index is 0.00000178. The molecule has 1 aliphatic rings. The summed E-state index contributed by atoms with van der Waals surface area (Å²) in [5.74, 6) is -0.574. The number of rotatable bonds is 6. The molecule has 2 unspecified atom stereocenters. The van der Waals surface area contributed by atoms with E-state index in [-0.39, 0.29) is 24.1 Å². The summed E-state index contributed by atoms with van der Waals surface area (Å²) in [5, 5.41) is 24.2. The van der Waals surface area contributed by atoms with Gasteiger partial charge in [0.05, 0.1) is 6.54 Å². The summed E-state index contributed by atoms with van der Waals surface area (Å²) in [6.45, 7) is 8.17. The maximum atomic E-state index is 11.5. The summed E-state index contributed by atoms with van der Waals surface area (Å²) in [6.07, 6.45) is 5.23. The van der Waals surface area contributed by atoms with Gasteiger partial charge in [0.15, 0.2) is 0 Å². The smallest absolute Gasteiger partial charge is 0.331 e. The van der Waals surface area contributed by atoms with Crippen LogP contribution in [0, 0.1) is 22.2 Å². The topological polar surface area (TPSA) is 128 Å². The molecule has 0 bridgehead atoms. The third kappa shape index (κ3) is 6.75. The van der Waals surface area contributed by atoms with Crippen molar-refractivity contribution in [2.45, 2.75) is 53.4 Å². The van der Waals surface area contributed by atoms with E-state index in [0.29, 0.717) is 12.3 Å². The van der Waals surface area contributed by atoms with Crippen LogP contribution in [-0.2, 0) is 14.4 Å². The van der Waals surface area contributed by atoms with Crippen molar-refractivity contribution in [1.82, 2.24) is 0 Å². The molecule has 0 aromatic carbocycles. The van der Waals surface area contributed by atoms with Gasteiger partial charge in [0.25, 0.3) is 0 Å². The number of carboxylic acid groups (broad SMARTS) is 1. The standard InChI is InChI=1S/C17H27NO4.CHNO/c1-12-7-16(3,4)9-17(8-12,10-18-11-20)14(5-6-19)13(2)15(21)22;2-1-3/h12,19H,5-10H2,1-4H3,(H,21,22);2H. The molecule has 25 heavy (non-hydrogen) atoms. The minimum absolute atomic E-state index is 0.0373. The van der Waals surface area contributed by atoms with E-state index >= 15 is 0 Å². The van der Waals surface area contributed by atoms with Crippen LogP contribution in [0.25, 0.3) is 0 Å². The van der Waals surface area contributed by atoms with Crippen molar-refractivity contribution in [1.29, 1.82) is 5.41 Å². The van der Waals surface area contributed by atoms with Gasteiger partial charge in [0.1, 0.15) is 0 Å². The van der Waals surface area contributed by atoms with E-state index in [4.69, 9.17) is 10.2 Å². The molecule has 0 radical (unpaired) electrons. The molecule has 0 amide bonds. The molecule has 0 aromatic heterocycles. The van der Waals surface area contributed by atoms with Crippen molar-refractivity contribution in [3.63, 3.8) is 0 Å². The Kier molecular flexibility index (Phi) is 9.21. The van der Waals surface area contributed by atoms with Crippen LogP contribution in [0.15, 0.2) is 16.1 Å². The number of carboxylic acids is 1. The third-order valence-electron chi connectivity index (χ3n) is 4.68. The number of aliphatic carboxylic acids is 1. The van der Waals surface area contributed by atoms with E-state index in [1.54, 1.807) is 13.0 Å². The lowest BCUT2D eigenvalue weighted by Crippen LogP contribution is -2.41. The van der Waals surface area contributed by atoms with Crippen molar-refractivity contribution < 1.29 is 24.6 Å². The summed E-state index contributed by atoms with van der Waals surface area (Å²) in [7, 11) is 0. The van der Waals surface area contributed by atoms with Gasteiger partial charge < -0.3 is 10.2 Å². The molecule has 7 heteroatoms. The summed E-state index contributed by atoms with van der Waals surface area (Å²) in [6, 6.07) is 0. The fourth-order valence-corrected chi connectivity index (χ4v) is 4.46. The summed E-state index contributed by atoms with van der Waals surface area (Å²) in [4.78, 5) is 34.3. The van der Waals surface area contributed by atoms with Gasteiger partial charge in [-0.05, 0) is 49.5 Å². The normalized spacial score (nSPS) is 25.4. The van der Waals surface area contributed by atoms with Crippen LogP contribution < -0.4 is 0 Å². The zero-order chi connectivity index (χ0) is 19.7. The predicted molar refractivity (Wildman–Crippen MR) is 92.7 cm³/mol. The monoisotopic (exact) mass is 352 g/mol. The van der Waals surface area contributed by atoms with Crippen molar-refractivity contribution >= 4 is 18.1 Å². The molecular weight excluding hydrogens is 324 g/mol. The highest BCUT2D eigenvalue weighted by Crippen LogP contribution is 2.53. The molecule has 7 nitrogen and oxygen atoms in total. The highest BCUT2D eigenvalue weighted by molar-refractivity contribution is 5.87. The number of aliphatic hydroxyl groups excluding tert-OH is 1. The second kappa shape index (κ2) is 10.0. The van der Waals surface area contributed by atoms with Crippen LogP contribution in [0.1, 0.15) is 53.4 Å². The second-order valence-corrected chi connectivity index (χ2v) is 7.53. The summed E-state index contributed by atoms with van der Waals surface area (Å²) >= 11 is 0. The number of isocyanates is 2. The van der Waals surface area contributed by atoms with Crippen LogP contribution in [0.4, 0.5) is 0 Å². The van der Waals surface area contributed by atoms with Crippen molar-refractivity contribution in [2.24, 2.45) is 21.7 Å². The lowest BCUT2D eigenvalue weighted by atomic mass is 9.56. The lowest BCUT2D eigenvalue weighted by Gasteiger charge is -2.48. The van der Waals surface area contributed by atoms with E-state index in [0.717, 1.165) is 30.9 Å². The number of aliphatic imine (C=N–C) groups is 1. The maximum Gasteiger partial charge on any atom is 0.331 e. The first-order valence-corrected chi connectivity index (χ1v) is 8.21. The van der Waals surface area contributed by atoms with Crippen LogP contribution in [0.3, 0.4) is 0 Å². The van der Waals surface area contributed by atoms with Gasteiger partial charge in [-0.1, -0.05) is 20.8 Å². The fraction of sp³-hybridized carbons (Fsp3) is 0.722. The summed E-state index contributed by atoms with van der Waals surface area (Å²) < 4.78 is 0. The second-order valence-electron chi connectivity index (χ2n) is 7.53. The van der Waals surface area contributed by atoms with Crippen LogP contribution in [0.5, 0.6) is 0 Å². The van der Waals surface area contributed by atoms with Crippen LogP contribution in [0.2, 0.25) is 0 Å². The predicted octanol–water partition coefficient (Wildman–Crippen LogP) is 2.84. The number of aliphatic hydroxyl groups is 1. The minimum atomic E-state index is -0.978. The minimum Gasteiger partial charge on any atom is -0.478 e. The van der Waals surface area contributed by atoms with Crippen LogP contribution >= 0.6 is 0 Å². The Morgan fingerprint density at radius 2 is 1.88 bits per heavy atom. The maximum absolute atomic E-state index is 11.5. The Hall–Kier alpha value is -2.07. The molecule has 0 spiro atoms. The number of hydrogen-bond donors (Lipinski definition) is 3.